The third kappa shape index (κ3) is 3.03. The highest BCUT2D eigenvalue weighted by Gasteiger charge is 2.12. The Balaban J connectivity index is 2.74. The Morgan fingerprint density at radius 1 is 1.60 bits per heavy atom. The van der Waals surface area contributed by atoms with Crippen molar-refractivity contribution in [3.8, 4) is 0 Å². The van der Waals surface area contributed by atoms with E-state index in [2.05, 4.69) is 33.3 Å². The minimum atomic E-state index is 0.109. The van der Waals surface area contributed by atoms with Crippen molar-refractivity contribution in [1.29, 1.82) is 0 Å². The zero-order chi connectivity index (χ0) is 11.4. The van der Waals surface area contributed by atoms with Crippen LogP contribution < -0.4 is 5.32 Å². The highest BCUT2D eigenvalue weighted by Crippen LogP contribution is 2.20. The predicted molar refractivity (Wildman–Crippen MR) is 63.7 cm³/mol. The lowest BCUT2D eigenvalue weighted by atomic mass is 10.3. The number of nitrogens with one attached hydrogen (secondary N) is 1. The van der Waals surface area contributed by atoms with E-state index in [4.69, 9.17) is 5.11 Å². The fourth-order valence-electron chi connectivity index (χ4n) is 1.37. The maximum Gasteiger partial charge on any atom is 0.0739 e. The maximum atomic E-state index is 8.92. The van der Waals surface area contributed by atoms with Crippen LogP contribution in [-0.4, -0.2) is 27.5 Å². The fraction of sp³-hybridized carbons (Fsp3) is 0.700. The third-order valence-electron chi connectivity index (χ3n) is 2.34. The van der Waals surface area contributed by atoms with Crippen LogP contribution in [0.3, 0.4) is 0 Å². The van der Waals surface area contributed by atoms with E-state index in [0.717, 1.165) is 29.0 Å². The number of rotatable bonds is 5. The molecule has 1 aromatic rings. The SMILES string of the molecule is CCn1nc(C)c(Br)c1CNC(C)CO. The topological polar surface area (TPSA) is 50.1 Å². The first-order valence-corrected chi connectivity index (χ1v) is 5.95. The van der Waals surface area contributed by atoms with Gasteiger partial charge >= 0.3 is 0 Å². The summed E-state index contributed by atoms with van der Waals surface area (Å²) in [5.41, 5.74) is 2.14. The van der Waals surface area contributed by atoms with Crippen LogP contribution in [0.5, 0.6) is 0 Å². The summed E-state index contributed by atoms with van der Waals surface area (Å²) < 4.78 is 3.03. The van der Waals surface area contributed by atoms with Crippen LogP contribution in [0.25, 0.3) is 0 Å². The standard InChI is InChI=1S/C10H18BrN3O/c1-4-14-9(5-12-7(2)6-15)10(11)8(3)13-14/h7,12,15H,4-6H2,1-3H3. The van der Waals surface area contributed by atoms with Gasteiger partial charge in [0.25, 0.3) is 0 Å². The van der Waals surface area contributed by atoms with Crippen molar-refractivity contribution in [3.05, 3.63) is 15.9 Å². The number of halogens is 1. The second kappa shape index (κ2) is 5.63. The molecule has 0 saturated heterocycles. The smallest absolute Gasteiger partial charge is 0.0739 e. The number of nitrogens with zero attached hydrogens (tertiary/aromatic N) is 2. The average Bonchev–Trinajstić information content (AvgIpc) is 2.52. The molecule has 5 heteroatoms. The molecule has 0 aromatic carbocycles. The number of aliphatic hydroxyl groups excluding tert-OH is 1. The second-order valence-corrected chi connectivity index (χ2v) is 4.42. The van der Waals surface area contributed by atoms with Gasteiger partial charge in [-0.05, 0) is 36.7 Å². The molecule has 0 bridgehead atoms. The highest BCUT2D eigenvalue weighted by atomic mass is 79.9. The third-order valence-corrected chi connectivity index (χ3v) is 3.38. The van der Waals surface area contributed by atoms with Gasteiger partial charge < -0.3 is 10.4 Å². The van der Waals surface area contributed by atoms with Gasteiger partial charge in [0.1, 0.15) is 0 Å². The van der Waals surface area contributed by atoms with E-state index in [9.17, 15) is 0 Å². The van der Waals surface area contributed by atoms with Gasteiger partial charge in [0.05, 0.1) is 22.5 Å². The summed E-state index contributed by atoms with van der Waals surface area (Å²) in [6, 6.07) is 0.109. The van der Waals surface area contributed by atoms with E-state index in [1.807, 2.05) is 18.5 Å². The van der Waals surface area contributed by atoms with Crippen molar-refractivity contribution in [2.75, 3.05) is 6.61 Å². The summed E-state index contributed by atoms with van der Waals surface area (Å²) in [7, 11) is 0. The normalized spacial score (nSPS) is 13.1. The predicted octanol–water partition coefficient (Wildman–Crippen LogP) is 1.44. The molecule has 0 amide bonds. The van der Waals surface area contributed by atoms with Gasteiger partial charge in [-0.15, -0.1) is 0 Å². The zero-order valence-electron chi connectivity index (χ0n) is 9.42. The van der Waals surface area contributed by atoms with Gasteiger partial charge in [0, 0.05) is 19.1 Å². The van der Waals surface area contributed by atoms with Crippen molar-refractivity contribution in [3.63, 3.8) is 0 Å². The Morgan fingerprint density at radius 3 is 2.80 bits per heavy atom. The Kier molecular flexibility index (Phi) is 4.76. The lowest BCUT2D eigenvalue weighted by Crippen LogP contribution is -2.29. The fourth-order valence-corrected chi connectivity index (χ4v) is 1.80. The molecule has 1 aromatic heterocycles. The van der Waals surface area contributed by atoms with Crippen LogP contribution in [0.1, 0.15) is 25.2 Å². The molecular formula is C10H18BrN3O. The van der Waals surface area contributed by atoms with Crippen LogP contribution in [0.4, 0.5) is 0 Å². The molecule has 0 aliphatic rings. The Morgan fingerprint density at radius 2 is 2.27 bits per heavy atom. The van der Waals surface area contributed by atoms with Gasteiger partial charge in [0.2, 0.25) is 0 Å². The summed E-state index contributed by atoms with van der Waals surface area (Å²) in [6.07, 6.45) is 0. The minimum Gasteiger partial charge on any atom is -0.395 e. The molecule has 4 nitrogen and oxygen atoms in total. The molecule has 86 valence electrons. The largest absolute Gasteiger partial charge is 0.395 e. The van der Waals surface area contributed by atoms with Gasteiger partial charge in [-0.3, -0.25) is 4.68 Å². The van der Waals surface area contributed by atoms with E-state index in [-0.39, 0.29) is 12.6 Å². The number of hydrogen-bond acceptors (Lipinski definition) is 3. The van der Waals surface area contributed by atoms with Crippen LogP contribution >= 0.6 is 15.9 Å². The van der Waals surface area contributed by atoms with E-state index in [0.29, 0.717) is 0 Å². The van der Waals surface area contributed by atoms with Crippen LogP contribution in [0.15, 0.2) is 4.47 Å². The Labute approximate surface area is 98.8 Å². The Bertz CT molecular complexity index is 325. The van der Waals surface area contributed by atoms with Gasteiger partial charge in [-0.1, -0.05) is 0 Å². The van der Waals surface area contributed by atoms with Crippen molar-refractivity contribution in [1.82, 2.24) is 15.1 Å². The molecule has 0 aliphatic carbocycles. The number of aliphatic hydroxyl groups is 1. The van der Waals surface area contributed by atoms with E-state index in [1.165, 1.54) is 0 Å². The zero-order valence-corrected chi connectivity index (χ0v) is 11.0. The molecule has 0 saturated carbocycles. The van der Waals surface area contributed by atoms with E-state index in [1.54, 1.807) is 0 Å². The number of aromatic nitrogens is 2. The second-order valence-electron chi connectivity index (χ2n) is 3.63. The van der Waals surface area contributed by atoms with Crippen LogP contribution in [0.2, 0.25) is 0 Å². The number of hydrogen-bond donors (Lipinski definition) is 2. The highest BCUT2D eigenvalue weighted by molar-refractivity contribution is 9.10. The monoisotopic (exact) mass is 275 g/mol. The first-order valence-electron chi connectivity index (χ1n) is 5.16. The van der Waals surface area contributed by atoms with Crippen molar-refractivity contribution < 1.29 is 5.11 Å². The summed E-state index contributed by atoms with van der Waals surface area (Å²) in [6.45, 7) is 7.73. The molecule has 15 heavy (non-hydrogen) atoms. The van der Waals surface area contributed by atoms with Crippen molar-refractivity contribution in [2.24, 2.45) is 0 Å². The van der Waals surface area contributed by atoms with Crippen molar-refractivity contribution >= 4 is 15.9 Å². The lowest BCUT2D eigenvalue weighted by Gasteiger charge is -2.11. The molecule has 0 fully saturated rings. The van der Waals surface area contributed by atoms with Gasteiger partial charge in [0.15, 0.2) is 0 Å². The average molecular weight is 276 g/mol. The van der Waals surface area contributed by atoms with Crippen LogP contribution in [0, 0.1) is 6.92 Å². The summed E-state index contributed by atoms with van der Waals surface area (Å²) in [5.74, 6) is 0. The minimum absolute atomic E-state index is 0.109. The maximum absolute atomic E-state index is 8.92. The van der Waals surface area contributed by atoms with Gasteiger partial charge in [-0.25, -0.2) is 0 Å². The first-order chi connectivity index (χ1) is 7.10. The molecule has 0 radical (unpaired) electrons. The van der Waals surface area contributed by atoms with Crippen LogP contribution in [-0.2, 0) is 13.1 Å². The van der Waals surface area contributed by atoms with Crippen molar-refractivity contribution in [2.45, 2.75) is 39.9 Å². The molecule has 0 spiro atoms. The summed E-state index contributed by atoms with van der Waals surface area (Å²) >= 11 is 3.53. The molecule has 1 unspecified atom stereocenters. The number of aryl methyl sites for hydroxylation is 2. The Hall–Kier alpha value is -0.390. The summed E-state index contributed by atoms with van der Waals surface area (Å²) in [5, 5.41) is 16.6. The molecule has 1 atom stereocenters. The van der Waals surface area contributed by atoms with E-state index >= 15 is 0 Å². The molecule has 2 N–H and O–H groups in total. The quantitative estimate of drug-likeness (QED) is 0.855. The molecule has 0 aliphatic heterocycles. The first kappa shape index (κ1) is 12.7. The molecule has 1 heterocycles. The summed E-state index contributed by atoms with van der Waals surface area (Å²) in [4.78, 5) is 0. The van der Waals surface area contributed by atoms with Gasteiger partial charge in [-0.2, -0.15) is 5.10 Å². The molecular weight excluding hydrogens is 258 g/mol. The lowest BCUT2D eigenvalue weighted by molar-refractivity contribution is 0.250. The van der Waals surface area contributed by atoms with E-state index < -0.39 is 0 Å². The molecule has 1 rings (SSSR count).